The minimum Gasteiger partial charge on any atom is -0.785 e. The van der Waals surface area contributed by atoms with Crippen LogP contribution in [-0.4, -0.2) is 30.2 Å². The second-order valence-electron chi connectivity index (χ2n) is 3.17. The lowest BCUT2D eigenvalue weighted by molar-refractivity contribution is 0.206. The Kier molecular flexibility index (Phi) is 1.75. The molecule has 0 aromatic carbocycles. The molecule has 0 unspecified atom stereocenters. The van der Waals surface area contributed by atoms with Crippen LogP contribution in [0.15, 0.2) is 0 Å². The maximum atomic E-state index is 10.8. The van der Waals surface area contributed by atoms with Gasteiger partial charge in [0.1, 0.15) is 0 Å². The van der Waals surface area contributed by atoms with Gasteiger partial charge in [0.05, 0.1) is 0 Å². The van der Waals surface area contributed by atoms with Gasteiger partial charge in [-0.15, -0.1) is 0 Å². The summed E-state index contributed by atoms with van der Waals surface area (Å²) in [7, 11) is 0. The van der Waals surface area contributed by atoms with Crippen LogP contribution in [0.1, 0.15) is 13.8 Å². The zero-order valence-corrected chi connectivity index (χ0v) is 5.98. The van der Waals surface area contributed by atoms with Crippen LogP contribution in [0.4, 0.5) is 0 Å². The molecule has 0 amide bonds. The predicted octanol–water partition coefficient (Wildman–Crippen LogP) is 0.168. The summed E-state index contributed by atoms with van der Waals surface area (Å²) in [6.07, 6.45) is 0. The highest BCUT2D eigenvalue weighted by molar-refractivity contribution is 4.86. The molecule has 1 saturated heterocycles. The van der Waals surface area contributed by atoms with Crippen molar-refractivity contribution in [3.63, 3.8) is 0 Å². The van der Waals surface area contributed by atoms with Crippen LogP contribution in [0.5, 0.6) is 0 Å². The van der Waals surface area contributed by atoms with Gasteiger partial charge in [-0.25, -0.2) is 0 Å². The van der Waals surface area contributed by atoms with Crippen molar-refractivity contribution in [2.24, 2.45) is 0 Å². The monoisotopic (exact) mass is 129 g/mol. The number of hydroxylamine groups is 2. The van der Waals surface area contributed by atoms with Crippen molar-refractivity contribution < 1.29 is 0 Å². The van der Waals surface area contributed by atoms with Gasteiger partial charge in [-0.2, -0.15) is 0 Å². The summed E-state index contributed by atoms with van der Waals surface area (Å²) in [6, 6.07) is 0. The smallest absolute Gasteiger partial charge is 0.0243 e. The van der Waals surface area contributed by atoms with Crippen LogP contribution < -0.4 is 5.32 Å². The molecule has 1 fully saturated rings. The second kappa shape index (κ2) is 2.25. The van der Waals surface area contributed by atoms with Crippen molar-refractivity contribution >= 4 is 0 Å². The average Bonchev–Trinajstić information content (AvgIpc) is 1.60. The third-order valence-corrected chi connectivity index (χ3v) is 1.54. The van der Waals surface area contributed by atoms with Crippen LogP contribution in [0.2, 0.25) is 0 Å². The quantitative estimate of drug-likeness (QED) is 0.506. The van der Waals surface area contributed by atoms with Gasteiger partial charge in [0.25, 0.3) is 0 Å². The normalized spacial score (nSPS) is 28.3. The lowest BCUT2D eigenvalue weighted by Gasteiger charge is -2.42. The highest BCUT2D eigenvalue weighted by atomic mass is 16.5. The van der Waals surface area contributed by atoms with Crippen LogP contribution in [0.25, 0.3) is 0 Å². The molecule has 1 N–H and O–H groups in total. The van der Waals surface area contributed by atoms with Gasteiger partial charge in [0, 0.05) is 18.6 Å². The van der Waals surface area contributed by atoms with Gasteiger partial charge in [0.15, 0.2) is 0 Å². The fourth-order valence-corrected chi connectivity index (χ4v) is 1.09. The maximum Gasteiger partial charge on any atom is 0.0243 e. The van der Waals surface area contributed by atoms with Crippen molar-refractivity contribution in [2.45, 2.75) is 19.4 Å². The van der Waals surface area contributed by atoms with E-state index in [0.717, 1.165) is 11.6 Å². The van der Waals surface area contributed by atoms with E-state index >= 15 is 0 Å². The predicted molar refractivity (Wildman–Crippen MR) is 37.0 cm³/mol. The van der Waals surface area contributed by atoms with E-state index in [2.05, 4.69) is 5.32 Å². The minimum atomic E-state index is 0.0139. The van der Waals surface area contributed by atoms with Crippen LogP contribution in [-0.2, 0) is 0 Å². The molecule has 0 atom stereocenters. The summed E-state index contributed by atoms with van der Waals surface area (Å²) >= 11 is 0. The van der Waals surface area contributed by atoms with E-state index in [4.69, 9.17) is 0 Å². The highest BCUT2D eigenvalue weighted by Gasteiger charge is 2.20. The standard InChI is InChI=1S/C6H13N2O/c1-6(2)5-8(9)4-3-7-6/h7H,3-5H2,1-2H3/q-1. The summed E-state index contributed by atoms with van der Waals surface area (Å²) in [6.45, 7) is 6.13. The van der Waals surface area contributed by atoms with E-state index in [0.29, 0.717) is 13.1 Å². The molecule has 0 aromatic heterocycles. The summed E-state index contributed by atoms with van der Waals surface area (Å²) in [5.74, 6) is 0. The van der Waals surface area contributed by atoms with Gasteiger partial charge in [0.2, 0.25) is 0 Å². The zero-order valence-electron chi connectivity index (χ0n) is 5.98. The number of nitrogens with one attached hydrogen (secondary N) is 1. The Labute approximate surface area is 55.6 Å². The molecule has 9 heavy (non-hydrogen) atoms. The summed E-state index contributed by atoms with van der Waals surface area (Å²) in [4.78, 5) is 0. The number of hydrogen-bond donors (Lipinski definition) is 1. The van der Waals surface area contributed by atoms with E-state index in [9.17, 15) is 5.21 Å². The Morgan fingerprint density at radius 1 is 1.56 bits per heavy atom. The van der Waals surface area contributed by atoms with Gasteiger partial charge < -0.3 is 15.6 Å². The molecular weight excluding hydrogens is 116 g/mol. The van der Waals surface area contributed by atoms with E-state index in [-0.39, 0.29) is 5.54 Å². The molecule has 1 aliphatic rings. The van der Waals surface area contributed by atoms with Gasteiger partial charge in [-0.3, -0.25) is 0 Å². The third-order valence-electron chi connectivity index (χ3n) is 1.54. The number of piperazine rings is 1. The maximum absolute atomic E-state index is 10.8. The number of hydrogen-bond acceptors (Lipinski definition) is 3. The molecule has 0 aliphatic carbocycles. The first-order chi connectivity index (χ1) is 4.10. The van der Waals surface area contributed by atoms with Crippen molar-refractivity contribution in [1.29, 1.82) is 0 Å². The Balaban J connectivity index is 2.41. The molecule has 54 valence electrons. The average molecular weight is 129 g/mol. The van der Waals surface area contributed by atoms with Crippen molar-refractivity contribution in [3.05, 3.63) is 5.21 Å². The Hall–Kier alpha value is -0.120. The summed E-state index contributed by atoms with van der Waals surface area (Å²) < 4.78 is 0. The largest absolute Gasteiger partial charge is 0.785 e. The van der Waals surface area contributed by atoms with Gasteiger partial charge in [-0.1, -0.05) is 0 Å². The second-order valence-corrected chi connectivity index (χ2v) is 3.17. The highest BCUT2D eigenvalue weighted by Crippen LogP contribution is 2.07. The molecule has 3 nitrogen and oxygen atoms in total. The molecule has 1 aliphatic heterocycles. The van der Waals surface area contributed by atoms with Crippen LogP contribution in [0, 0.1) is 5.21 Å². The number of nitrogens with zero attached hydrogens (tertiary/aromatic N) is 1. The lowest BCUT2D eigenvalue weighted by atomic mass is 10.0. The van der Waals surface area contributed by atoms with Crippen LogP contribution >= 0.6 is 0 Å². The molecular formula is C6H13N2O-. The first-order valence-corrected chi connectivity index (χ1v) is 3.27. The van der Waals surface area contributed by atoms with Crippen molar-refractivity contribution in [2.75, 3.05) is 19.6 Å². The first-order valence-electron chi connectivity index (χ1n) is 3.27. The molecule has 1 heterocycles. The zero-order chi connectivity index (χ0) is 6.91. The Morgan fingerprint density at radius 2 is 2.22 bits per heavy atom. The van der Waals surface area contributed by atoms with E-state index in [1.54, 1.807) is 0 Å². The Morgan fingerprint density at radius 3 is 2.56 bits per heavy atom. The fraction of sp³-hybridized carbons (Fsp3) is 1.00. The molecule has 0 bridgehead atoms. The lowest BCUT2D eigenvalue weighted by Crippen LogP contribution is -2.55. The van der Waals surface area contributed by atoms with Gasteiger partial charge >= 0.3 is 0 Å². The molecule has 0 saturated carbocycles. The first kappa shape index (κ1) is 6.99. The number of rotatable bonds is 0. The summed E-state index contributed by atoms with van der Waals surface area (Å²) in [5, 5.41) is 15.1. The topological polar surface area (TPSA) is 38.3 Å². The van der Waals surface area contributed by atoms with E-state index in [1.807, 2.05) is 13.8 Å². The van der Waals surface area contributed by atoms with Gasteiger partial charge in [-0.05, 0) is 20.4 Å². The molecule has 0 spiro atoms. The fourth-order valence-electron chi connectivity index (χ4n) is 1.09. The molecule has 0 aromatic rings. The molecule has 0 radical (unpaired) electrons. The van der Waals surface area contributed by atoms with E-state index < -0.39 is 0 Å². The molecule has 3 heteroatoms. The Bertz CT molecular complexity index is 103. The van der Waals surface area contributed by atoms with Crippen molar-refractivity contribution in [3.8, 4) is 0 Å². The van der Waals surface area contributed by atoms with Crippen molar-refractivity contribution in [1.82, 2.24) is 10.4 Å². The minimum absolute atomic E-state index is 0.0139. The molecule has 1 rings (SSSR count). The third kappa shape index (κ3) is 1.93. The summed E-state index contributed by atoms with van der Waals surface area (Å²) in [5.41, 5.74) is 0.0139. The van der Waals surface area contributed by atoms with E-state index in [1.165, 1.54) is 0 Å². The SMILES string of the molecule is CC1(C)CN([O-])CCN1. The van der Waals surface area contributed by atoms with Crippen LogP contribution in [0.3, 0.4) is 0 Å².